The molecule has 27 heavy (non-hydrogen) atoms. The number of ether oxygens (including phenoxy) is 1. The quantitative estimate of drug-likeness (QED) is 0.668. The maximum atomic E-state index is 14.5. The molecule has 1 aromatic rings. The van der Waals surface area contributed by atoms with Crippen LogP contribution in [0.25, 0.3) is 0 Å². The average Bonchev–Trinajstić information content (AvgIpc) is 3.34. The van der Waals surface area contributed by atoms with Gasteiger partial charge in [0.2, 0.25) is 0 Å². The Morgan fingerprint density at radius 2 is 1.93 bits per heavy atom. The van der Waals surface area contributed by atoms with E-state index < -0.39 is 0 Å². The van der Waals surface area contributed by atoms with Gasteiger partial charge in [-0.3, -0.25) is 4.90 Å². The van der Waals surface area contributed by atoms with Crippen molar-refractivity contribution in [2.24, 2.45) is 10.8 Å². The van der Waals surface area contributed by atoms with Gasteiger partial charge in [-0.2, -0.15) is 0 Å². The van der Waals surface area contributed by atoms with Crippen LogP contribution in [0.1, 0.15) is 58.6 Å². The van der Waals surface area contributed by atoms with Gasteiger partial charge in [-0.15, -0.1) is 0 Å². The van der Waals surface area contributed by atoms with Crippen LogP contribution in [0.4, 0.5) is 10.2 Å². The van der Waals surface area contributed by atoms with Crippen molar-refractivity contribution >= 4 is 5.82 Å². The van der Waals surface area contributed by atoms with Gasteiger partial charge in [0, 0.05) is 32.8 Å². The molecule has 0 aromatic carbocycles. The van der Waals surface area contributed by atoms with E-state index in [0.717, 1.165) is 12.2 Å². The van der Waals surface area contributed by atoms with Crippen LogP contribution in [-0.2, 0) is 11.3 Å². The summed E-state index contributed by atoms with van der Waals surface area (Å²) in [5.74, 6) is 0.664. The lowest BCUT2D eigenvalue weighted by Gasteiger charge is -2.42. The summed E-state index contributed by atoms with van der Waals surface area (Å²) >= 11 is 0. The molecule has 1 heterocycles. The van der Waals surface area contributed by atoms with E-state index in [-0.39, 0.29) is 17.3 Å². The molecule has 5 heteroatoms. The van der Waals surface area contributed by atoms with Crippen molar-refractivity contribution in [2.75, 3.05) is 32.7 Å². The molecule has 0 bridgehead atoms. The molecule has 2 aliphatic rings. The maximum absolute atomic E-state index is 14.5. The summed E-state index contributed by atoms with van der Waals surface area (Å²) in [7, 11) is 5.86. The normalized spacial score (nSPS) is 20.0. The molecule has 2 aliphatic carbocycles. The number of nitrogens with zero attached hydrogens (tertiary/aromatic N) is 3. The molecule has 0 saturated heterocycles. The number of rotatable bonds is 8. The fourth-order valence-corrected chi connectivity index (χ4v) is 4.37. The molecule has 0 N–H and O–H groups in total. The van der Waals surface area contributed by atoms with Crippen LogP contribution >= 0.6 is 0 Å². The zero-order valence-electron chi connectivity index (χ0n) is 17.9. The van der Waals surface area contributed by atoms with Crippen LogP contribution in [0.3, 0.4) is 0 Å². The molecule has 152 valence electrons. The summed E-state index contributed by atoms with van der Waals surface area (Å²) < 4.78 is 19.9. The maximum Gasteiger partial charge on any atom is 0.146 e. The van der Waals surface area contributed by atoms with Crippen LogP contribution in [0.15, 0.2) is 12.1 Å². The Morgan fingerprint density at radius 3 is 2.48 bits per heavy atom. The molecule has 2 fully saturated rings. The van der Waals surface area contributed by atoms with Crippen molar-refractivity contribution < 1.29 is 9.13 Å². The number of pyridine rings is 1. The highest BCUT2D eigenvalue weighted by Gasteiger charge is 2.54. The number of likely N-dealkylation sites (N-methyl/N-ethyl adjacent to an activating group) is 1. The van der Waals surface area contributed by atoms with Crippen molar-refractivity contribution in [1.29, 1.82) is 0 Å². The number of hydrogen-bond acceptors (Lipinski definition) is 4. The van der Waals surface area contributed by atoms with E-state index in [4.69, 9.17) is 9.72 Å². The van der Waals surface area contributed by atoms with E-state index in [2.05, 4.69) is 37.6 Å². The molecular formula is C22H36FN3O. The molecular weight excluding hydrogens is 341 g/mol. The number of halogens is 1. The van der Waals surface area contributed by atoms with Gasteiger partial charge in [0.25, 0.3) is 0 Å². The summed E-state index contributed by atoms with van der Waals surface area (Å²) in [5.41, 5.74) is 1.37. The number of methoxy groups -OCH3 is 1. The second-order valence-corrected chi connectivity index (χ2v) is 10.1. The summed E-state index contributed by atoms with van der Waals surface area (Å²) in [4.78, 5) is 9.11. The Labute approximate surface area is 164 Å². The van der Waals surface area contributed by atoms with E-state index >= 15 is 0 Å². The predicted octanol–water partition coefficient (Wildman–Crippen LogP) is 4.48. The second-order valence-electron chi connectivity index (χ2n) is 10.1. The van der Waals surface area contributed by atoms with Gasteiger partial charge in [0.05, 0.1) is 12.3 Å². The molecule has 0 amide bonds. The third kappa shape index (κ3) is 5.00. The Morgan fingerprint density at radius 1 is 1.26 bits per heavy atom. The minimum absolute atomic E-state index is 0.189. The van der Waals surface area contributed by atoms with Crippen LogP contribution in [-0.4, -0.2) is 49.8 Å². The minimum Gasteiger partial charge on any atom is -0.383 e. The van der Waals surface area contributed by atoms with E-state index in [1.165, 1.54) is 25.7 Å². The predicted molar refractivity (Wildman–Crippen MR) is 108 cm³/mol. The first-order chi connectivity index (χ1) is 12.6. The number of hydrogen-bond donors (Lipinski definition) is 0. The topological polar surface area (TPSA) is 28.6 Å². The highest BCUT2D eigenvalue weighted by molar-refractivity contribution is 5.41. The third-order valence-electron chi connectivity index (χ3n) is 6.34. The summed E-state index contributed by atoms with van der Waals surface area (Å²) in [6.07, 6.45) is 6.29. The first kappa shape index (κ1) is 20.5. The van der Waals surface area contributed by atoms with Crippen molar-refractivity contribution in [2.45, 2.75) is 71.5 Å². The SMILES string of the molecule is COCC(CC(C)(C)C)N(C)Cc1nc(N(C)C2CC3(CC3)C2)ccc1F. The summed E-state index contributed by atoms with van der Waals surface area (Å²) in [5, 5.41) is 0. The van der Waals surface area contributed by atoms with Gasteiger partial charge < -0.3 is 9.64 Å². The first-order valence-corrected chi connectivity index (χ1v) is 10.2. The van der Waals surface area contributed by atoms with Crippen LogP contribution in [0.5, 0.6) is 0 Å². The zero-order chi connectivity index (χ0) is 19.8. The van der Waals surface area contributed by atoms with Gasteiger partial charge in [-0.1, -0.05) is 20.8 Å². The summed E-state index contributed by atoms with van der Waals surface area (Å²) in [6.45, 7) is 7.81. The smallest absolute Gasteiger partial charge is 0.146 e. The fraction of sp³-hybridized carbons (Fsp3) is 0.773. The van der Waals surface area contributed by atoms with Gasteiger partial charge >= 0.3 is 0 Å². The molecule has 1 atom stereocenters. The van der Waals surface area contributed by atoms with Crippen molar-refractivity contribution in [3.8, 4) is 0 Å². The lowest BCUT2D eigenvalue weighted by Crippen LogP contribution is -2.44. The largest absolute Gasteiger partial charge is 0.383 e. The monoisotopic (exact) mass is 377 g/mol. The van der Waals surface area contributed by atoms with E-state index in [1.807, 2.05) is 13.1 Å². The van der Waals surface area contributed by atoms with Gasteiger partial charge in [0.1, 0.15) is 11.6 Å². The molecule has 0 radical (unpaired) electrons. The Balaban J connectivity index is 1.67. The molecule has 0 aliphatic heterocycles. The highest BCUT2D eigenvalue weighted by atomic mass is 19.1. The molecule has 1 aromatic heterocycles. The molecule has 2 saturated carbocycles. The van der Waals surface area contributed by atoms with Crippen LogP contribution in [0, 0.1) is 16.6 Å². The number of anilines is 1. The van der Waals surface area contributed by atoms with Gasteiger partial charge in [-0.05, 0) is 62.1 Å². The highest BCUT2D eigenvalue weighted by Crippen LogP contribution is 2.61. The first-order valence-electron chi connectivity index (χ1n) is 10.2. The van der Waals surface area contributed by atoms with E-state index in [1.54, 1.807) is 13.2 Å². The fourth-order valence-electron chi connectivity index (χ4n) is 4.37. The Bertz CT molecular complexity index is 645. The molecule has 1 unspecified atom stereocenters. The van der Waals surface area contributed by atoms with Crippen LogP contribution < -0.4 is 4.90 Å². The van der Waals surface area contributed by atoms with Crippen molar-refractivity contribution in [3.05, 3.63) is 23.6 Å². The lowest BCUT2D eigenvalue weighted by atomic mass is 9.76. The third-order valence-corrected chi connectivity index (χ3v) is 6.34. The van der Waals surface area contributed by atoms with E-state index in [0.29, 0.717) is 30.3 Å². The van der Waals surface area contributed by atoms with Crippen LogP contribution in [0.2, 0.25) is 0 Å². The molecule has 4 nitrogen and oxygen atoms in total. The molecule has 1 spiro atoms. The van der Waals surface area contributed by atoms with E-state index in [9.17, 15) is 4.39 Å². The standard InChI is InChI=1S/C22H36FN3O/c1-21(2,3)11-17(15-27-6)25(4)14-19-18(23)7-8-20(24-19)26(5)16-12-22(13-16)9-10-22/h7-8,16-17H,9-15H2,1-6H3. The number of aromatic nitrogens is 1. The zero-order valence-corrected chi connectivity index (χ0v) is 17.9. The average molecular weight is 378 g/mol. The molecule has 3 rings (SSSR count). The Hall–Kier alpha value is -1.20. The van der Waals surface area contributed by atoms with Crippen molar-refractivity contribution in [3.63, 3.8) is 0 Å². The minimum atomic E-state index is -0.224. The van der Waals surface area contributed by atoms with Crippen molar-refractivity contribution in [1.82, 2.24) is 9.88 Å². The van der Waals surface area contributed by atoms with Gasteiger partial charge in [-0.25, -0.2) is 9.37 Å². The Kier molecular flexibility index (Phi) is 5.83. The second kappa shape index (κ2) is 7.67. The summed E-state index contributed by atoms with van der Waals surface area (Å²) in [6, 6.07) is 4.18. The lowest BCUT2D eigenvalue weighted by molar-refractivity contribution is 0.0751. The van der Waals surface area contributed by atoms with Gasteiger partial charge in [0.15, 0.2) is 0 Å².